The van der Waals surface area contributed by atoms with E-state index in [1.807, 2.05) is 0 Å². The van der Waals surface area contributed by atoms with Gasteiger partial charge in [0.1, 0.15) is 11.4 Å². The van der Waals surface area contributed by atoms with Gasteiger partial charge in [-0.2, -0.15) is 0 Å². The quantitative estimate of drug-likeness (QED) is 0.663. The molecule has 0 aliphatic carbocycles. The molecule has 0 fully saturated rings. The molecule has 6 heteroatoms. The van der Waals surface area contributed by atoms with Crippen molar-refractivity contribution in [2.45, 2.75) is 0 Å². The minimum atomic E-state index is -0.541. The van der Waals surface area contributed by atoms with Crippen LogP contribution >= 0.6 is 0 Å². The molecule has 2 amide bonds. The summed E-state index contributed by atoms with van der Waals surface area (Å²) in [5.74, 6) is -1.08. The third kappa shape index (κ3) is 3.48. The van der Waals surface area contributed by atoms with Crippen molar-refractivity contribution in [2.24, 2.45) is 0 Å². The van der Waals surface area contributed by atoms with Crippen LogP contribution in [-0.4, -0.2) is 21.8 Å². The SMILES string of the molecule is O=C(NC(=O)c1ccccn1)c1ccccn1.[Cu+2]. The summed E-state index contributed by atoms with van der Waals surface area (Å²) in [6.07, 6.45) is 2.97. The summed E-state index contributed by atoms with van der Waals surface area (Å²) in [6.45, 7) is 0. The molecule has 2 rings (SSSR count). The van der Waals surface area contributed by atoms with E-state index in [4.69, 9.17) is 0 Å². The summed E-state index contributed by atoms with van der Waals surface area (Å²) >= 11 is 0. The molecule has 2 aromatic rings. The van der Waals surface area contributed by atoms with Gasteiger partial charge in [0.25, 0.3) is 11.8 Å². The van der Waals surface area contributed by atoms with Crippen molar-refractivity contribution in [3.63, 3.8) is 0 Å². The third-order valence-electron chi connectivity index (χ3n) is 2.02. The van der Waals surface area contributed by atoms with Crippen molar-refractivity contribution in [1.82, 2.24) is 15.3 Å². The number of rotatable bonds is 2. The number of aromatic nitrogens is 2. The van der Waals surface area contributed by atoms with Crippen LogP contribution in [0, 0.1) is 0 Å². The molecular weight excluding hydrogens is 282 g/mol. The van der Waals surface area contributed by atoms with Gasteiger partial charge < -0.3 is 0 Å². The Morgan fingerprint density at radius 2 is 1.28 bits per heavy atom. The Kier molecular flexibility index (Phi) is 5.17. The zero-order valence-corrected chi connectivity index (χ0v) is 10.1. The first-order chi connectivity index (χ1) is 8.27. The van der Waals surface area contributed by atoms with Crippen molar-refractivity contribution in [1.29, 1.82) is 0 Å². The van der Waals surface area contributed by atoms with E-state index >= 15 is 0 Å². The molecule has 18 heavy (non-hydrogen) atoms. The largest absolute Gasteiger partial charge is 2.00 e. The molecular formula is C12H9CuN3O2+2. The number of hydrogen-bond acceptors (Lipinski definition) is 4. The van der Waals surface area contributed by atoms with Crippen LogP contribution in [0.4, 0.5) is 0 Å². The Morgan fingerprint density at radius 3 is 1.61 bits per heavy atom. The molecule has 5 nitrogen and oxygen atoms in total. The maximum Gasteiger partial charge on any atom is 2.00 e. The Balaban J connectivity index is 0.00000162. The average molecular weight is 291 g/mol. The zero-order valence-electron chi connectivity index (χ0n) is 9.13. The molecule has 0 saturated heterocycles. The van der Waals surface area contributed by atoms with E-state index in [1.54, 1.807) is 24.3 Å². The minimum absolute atomic E-state index is 0. The molecule has 0 atom stereocenters. The molecule has 0 spiro atoms. The maximum absolute atomic E-state index is 11.6. The first-order valence-corrected chi connectivity index (χ1v) is 4.95. The van der Waals surface area contributed by atoms with E-state index in [1.165, 1.54) is 24.5 Å². The molecule has 0 aromatic carbocycles. The fourth-order valence-corrected chi connectivity index (χ4v) is 1.23. The van der Waals surface area contributed by atoms with Gasteiger partial charge in [0.05, 0.1) is 0 Å². The topological polar surface area (TPSA) is 72.0 Å². The Labute approximate surface area is 114 Å². The van der Waals surface area contributed by atoms with E-state index < -0.39 is 11.8 Å². The molecule has 0 saturated carbocycles. The second-order valence-corrected chi connectivity index (χ2v) is 3.21. The minimum Gasteiger partial charge on any atom is -0.285 e. The van der Waals surface area contributed by atoms with Crippen molar-refractivity contribution in [3.8, 4) is 0 Å². The van der Waals surface area contributed by atoms with E-state index in [0.717, 1.165) is 0 Å². The number of amides is 2. The third-order valence-corrected chi connectivity index (χ3v) is 2.02. The van der Waals surface area contributed by atoms with E-state index in [0.29, 0.717) is 0 Å². The van der Waals surface area contributed by atoms with Crippen LogP contribution in [0.3, 0.4) is 0 Å². The van der Waals surface area contributed by atoms with E-state index in [-0.39, 0.29) is 28.5 Å². The molecule has 0 aliphatic rings. The molecule has 0 bridgehead atoms. The van der Waals surface area contributed by atoms with Gasteiger partial charge in [0, 0.05) is 12.4 Å². The molecule has 1 N–H and O–H groups in total. The summed E-state index contributed by atoms with van der Waals surface area (Å²) < 4.78 is 0. The van der Waals surface area contributed by atoms with Gasteiger partial charge >= 0.3 is 17.1 Å². The summed E-state index contributed by atoms with van der Waals surface area (Å²) in [6, 6.07) is 9.79. The van der Waals surface area contributed by atoms with Crippen LogP contribution in [0.25, 0.3) is 0 Å². The molecule has 2 aromatic heterocycles. The number of carbonyl (C=O) groups excluding carboxylic acids is 2. The second-order valence-electron chi connectivity index (χ2n) is 3.21. The van der Waals surface area contributed by atoms with Gasteiger partial charge in [-0.1, -0.05) is 12.1 Å². The molecule has 0 unspecified atom stereocenters. The smallest absolute Gasteiger partial charge is 0.285 e. The monoisotopic (exact) mass is 290 g/mol. The van der Waals surface area contributed by atoms with Gasteiger partial charge in [0.2, 0.25) is 0 Å². The summed E-state index contributed by atoms with van der Waals surface area (Å²) in [5, 5.41) is 2.21. The number of nitrogens with zero attached hydrogens (tertiary/aromatic N) is 2. The number of imide groups is 1. The number of nitrogens with one attached hydrogen (secondary N) is 1. The molecule has 1 radical (unpaired) electrons. The first kappa shape index (κ1) is 14.0. The Hall–Kier alpha value is -2.04. The maximum atomic E-state index is 11.6. The van der Waals surface area contributed by atoms with Gasteiger partial charge in [-0.3, -0.25) is 24.9 Å². The Bertz CT molecular complexity index is 482. The normalized spacial score (nSPS) is 9.11. The van der Waals surface area contributed by atoms with E-state index in [2.05, 4.69) is 15.3 Å². The van der Waals surface area contributed by atoms with Crippen molar-refractivity contribution in [2.75, 3.05) is 0 Å². The predicted octanol–water partition coefficient (Wildman–Crippen LogP) is 1.04. The fraction of sp³-hybridized carbons (Fsp3) is 0. The molecule has 93 valence electrons. The predicted molar refractivity (Wildman–Crippen MR) is 60.3 cm³/mol. The number of carbonyl (C=O) groups is 2. The number of pyridine rings is 2. The summed E-state index contributed by atoms with van der Waals surface area (Å²) in [7, 11) is 0. The Morgan fingerprint density at radius 1 is 0.833 bits per heavy atom. The van der Waals surface area contributed by atoms with Gasteiger partial charge in [-0.15, -0.1) is 0 Å². The van der Waals surface area contributed by atoms with Crippen molar-refractivity contribution >= 4 is 11.8 Å². The average Bonchev–Trinajstić information content (AvgIpc) is 2.40. The summed E-state index contributed by atoms with van der Waals surface area (Å²) in [4.78, 5) is 30.9. The van der Waals surface area contributed by atoms with Crippen LogP contribution in [0.2, 0.25) is 0 Å². The zero-order chi connectivity index (χ0) is 12.1. The van der Waals surface area contributed by atoms with Gasteiger partial charge in [0.15, 0.2) is 0 Å². The van der Waals surface area contributed by atoms with Crippen LogP contribution in [0.5, 0.6) is 0 Å². The number of hydrogen-bond donors (Lipinski definition) is 1. The second kappa shape index (κ2) is 6.64. The first-order valence-electron chi connectivity index (χ1n) is 4.95. The van der Waals surface area contributed by atoms with Crippen LogP contribution in [-0.2, 0) is 17.1 Å². The van der Waals surface area contributed by atoms with E-state index in [9.17, 15) is 9.59 Å². The molecule has 0 aliphatic heterocycles. The standard InChI is InChI=1S/C12H9N3O2.Cu/c16-11(9-5-1-3-7-13-9)15-12(17)10-6-2-4-8-14-10;/h1-8H,(H,15,16,17);/q;+2. The van der Waals surface area contributed by atoms with Gasteiger partial charge in [-0.05, 0) is 24.3 Å². The van der Waals surface area contributed by atoms with Gasteiger partial charge in [-0.25, -0.2) is 0 Å². The van der Waals surface area contributed by atoms with Crippen LogP contribution in [0.1, 0.15) is 21.0 Å². The van der Waals surface area contributed by atoms with Crippen molar-refractivity contribution in [3.05, 3.63) is 60.2 Å². The molecule has 2 heterocycles. The summed E-state index contributed by atoms with van der Waals surface area (Å²) in [5.41, 5.74) is 0.383. The van der Waals surface area contributed by atoms with Crippen molar-refractivity contribution < 1.29 is 26.7 Å². The van der Waals surface area contributed by atoms with Crippen LogP contribution < -0.4 is 5.32 Å². The van der Waals surface area contributed by atoms with Crippen LogP contribution in [0.15, 0.2) is 48.8 Å². The fourth-order valence-electron chi connectivity index (χ4n) is 1.23.